The zero-order valence-corrected chi connectivity index (χ0v) is 16.4. The van der Waals surface area contributed by atoms with Crippen molar-refractivity contribution in [1.82, 2.24) is 14.8 Å². The Morgan fingerprint density at radius 2 is 2.00 bits per heavy atom. The number of aromatic nitrogens is 3. The van der Waals surface area contributed by atoms with Gasteiger partial charge in [0.2, 0.25) is 5.91 Å². The van der Waals surface area contributed by atoms with Crippen molar-refractivity contribution in [3.63, 3.8) is 0 Å². The number of allylic oxidation sites excluding steroid dienone is 1. The average molecular weight is 401 g/mol. The Kier molecular flexibility index (Phi) is 6.80. The average Bonchev–Trinajstić information content (AvgIpc) is 3.10. The van der Waals surface area contributed by atoms with Crippen LogP contribution in [0.5, 0.6) is 0 Å². The van der Waals surface area contributed by atoms with Crippen LogP contribution in [0.3, 0.4) is 0 Å². The summed E-state index contributed by atoms with van der Waals surface area (Å²) in [5.74, 6) is 1.38. The largest absolute Gasteiger partial charge is 0.325 e. The molecule has 8 nitrogen and oxygen atoms in total. The van der Waals surface area contributed by atoms with Crippen molar-refractivity contribution in [1.29, 1.82) is 0 Å². The van der Waals surface area contributed by atoms with Gasteiger partial charge in [0.15, 0.2) is 5.16 Å². The van der Waals surface area contributed by atoms with Crippen LogP contribution in [0, 0.1) is 10.1 Å². The number of anilines is 1. The number of nitro groups is 1. The number of nitro benzene ring substituents is 1. The molecule has 0 spiro atoms. The summed E-state index contributed by atoms with van der Waals surface area (Å²) in [4.78, 5) is 22.5. The number of non-ortho nitro benzene ring substituents is 1. The number of benzene rings is 1. The molecule has 1 aromatic heterocycles. The second kappa shape index (κ2) is 9.50. The van der Waals surface area contributed by atoms with Gasteiger partial charge in [-0.25, -0.2) is 0 Å². The zero-order valence-electron chi connectivity index (χ0n) is 15.5. The molecule has 0 bridgehead atoms. The molecule has 28 heavy (non-hydrogen) atoms. The first-order valence-electron chi connectivity index (χ1n) is 9.29. The Labute approximate surface area is 167 Å². The van der Waals surface area contributed by atoms with Gasteiger partial charge in [0.25, 0.3) is 5.69 Å². The highest BCUT2D eigenvalue weighted by molar-refractivity contribution is 7.99. The van der Waals surface area contributed by atoms with Crippen LogP contribution in [-0.2, 0) is 11.3 Å². The second-order valence-electron chi connectivity index (χ2n) is 6.72. The van der Waals surface area contributed by atoms with Gasteiger partial charge in [-0.2, -0.15) is 0 Å². The van der Waals surface area contributed by atoms with Crippen molar-refractivity contribution in [2.24, 2.45) is 0 Å². The first kappa shape index (κ1) is 20.1. The van der Waals surface area contributed by atoms with Crippen molar-refractivity contribution in [3.05, 3.63) is 52.9 Å². The van der Waals surface area contributed by atoms with Crippen molar-refractivity contribution in [2.75, 3.05) is 11.1 Å². The molecule has 2 aromatic rings. The number of carbonyl (C=O) groups is 1. The Hall–Kier alpha value is -2.68. The van der Waals surface area contributed by atoms with Crippen molar-refractivity contribution >= 4 is 29.0 Å². The van der Waals surface area contributed by atoms with Gasteiger partial charge in [0, 0.05) is 30.3 Å². The predicted molar refractivity (Wildman–Crippen MR) is 108 cm³/mol. The first-order chi connectivity index (χ1) is 13.6. The van der Waals surface area contributed by atoms with Gasteiger partial charge in [0.1, 0.15) is 5.82 Å². The fourth-order valence-corrected chi connectivity index (χ4v) is 4.12. The van der Waals surface area contributed by atoms with Crippen LogP contribution in [0.1, 0.15) is 43.8 Å². The van der Waals surface area contributed by atoms with E-state index in [9.17, 15) is 14.9 Å². The van der Waals surface area contributed by atoms with Gasteiger partial charge in [0.05, 0.1) is 10.7 Å². The number of hydrogen-bond donors (Lipinski definition) is 1. The SMILES string of the molecule is C=CCn1c(SCC(=O)Nc2ccc([N+](=O)[O-])cc2)nnc1C1CCCCC1. The summed E-state index contributed by atoms with van der Waals surface area (Å²) in [7, 11) is 0. The van der Waals surface area contributed by atoms with E-state index in [1.165, 1.54) is 55.3 Å². The van der Waals surface area contributed by atoms with E-state index in [1.807, 2.05) is 10.6 Å². The molecule has 1 aromatic carbocycles. The van der Waals surface area contributed by atoms with Crippen molar-refractivity contribution in [2.45, 2.75) is 49.7 Å². The van der Waals surface area contributed by atoms with E-state index in [0.717, 1.165) is 18.7 Å². The molecular weight excluding hydrogens is 378 g/mol. The highest BCUT2D eigenvalue weighted by Crippen LogP contribution is 2.33. The lowest BCUT2D eigenvalue weighted by atomic mass is 9.89. The molecule has 3 rings (SSSR count). The molecule has 1 heterocycles. The van der Waals surface area contributed by atoms with Crippen LogP contribution in [0.25, 0.3) is 0 Å². The summed E-state index contributed by atoms with van der Waals surface area (Å²) < 4.78 is 2.05. The molecule has 0 radical (unpaired) electrons. The Morgan fingerprint density at radius 3 is 2.64 bits per heavy atom. The maximum absolute atomic E-state index is 12.2. The topological polar surface area (TPSA) is 103 Å². The van der Waals surface area contributed by atoms with E-state index in [-0.39, 0.29) is 17.3 Å². The molecule has 1 saturated carbocycles. The van der Waals surface area contributed by atoms with E-state index >= 15 is 0 Å². The number of hydrogen-bond acceptors (Lipinski definition) is 6. The van der Waals surface area contributed by atoms with Gasteiger partial charge in [-0.1, -0.05) is 37.1 Å². The lowest BCUT2D eigenvalue weighted by molar-refractivity contribution is -0.384. The zero-order chi connectivity index (χ0) is 19.9. The molecule has 0 atom stereocenters. The number of carbonyl (C=O) groups excluding carboxylic acids is 1. The third-order valence-electron chi connectivity index (χ3n) is 4.72. The fraction of sp³-hybridized carbons (Fsp3) is 0.421. The van der Waals surface area contributed by atoms with Gasteiger partial charge >= 0.3 is 0 Å². The molecule has 148 valence electrons. The molecule has 0 unspecified atom stereocenters. The lowest BCUT2D eigenvalue weighted by Gasteiger charge is -2.21. The maximum Gasteiger partial charge on any atom is 0.269 e. The fourth-order valence-electron chi connectivity index (χ4n) is 3.36. The van der Waals surface area contributed by atoms with Crippen LogP contribution in [0.15, 0.2) is 42.1 Å². The van der Waals surface area contributed by atoms with Gasteiger partial charge in [-0.3, -0.25) is 14.9 Å². The predicted octanol–water partition coefficient (Wildman–Crippen LogP) is 4.15. The van der Waals surface area contributed by atoms with E-state index in [4.69, 9.17) is 0 Å². The molecule has 1 N–H and O–H groups in total. The smallest absolute Gasteiger partial charge is 0.269 e. The summed E-state index contributed by atoms with van der Waals surface area (Å²) in [6.07, 6.45) is 7.77. The van der Waals surface area contributed by atoms with Crippen molar-refractivity contribution in [3.8, 4) is 0 Å². The number of rotatable bonds is 8. The molecule has 0 aliphatic heterocycles. The summed E-state index contributed by atoms with van der Waals surface area (Å²) in [5, 5.41) is 22.8. The molecule has 1 aliphatic carbocycles. The van der Waals surface area contributed by atoms with Gasteiger partial charge < -0.3 is 9.88 Å². The summed E-state index contributed by atoms with van der Waals surface area (Å²) in [6, 6.07) is 5.75. The maximum atomic E-state index is 12.2. The van der Waals surface area contributed by atoms with E-state index in [1.54, 1.807) is 0 Å². The summed E-state index contributed by atoms with van der Waals surface area (Å²) in [6.45, 7) is 4.44. The lowest BCUT2D eigenvalue weighted by Crippen LogP contribution is -2.15. The Balaban J connectivity index is 1.61. The van der Waals surface area contributed by atoms with Crippen LogP contribution in [-0.4, -0.2) is 31.3 Å². The van der Waals surface area contributed by atoms with Gasteiger partial charge in [-0.05, 0) is 25.0 Å². The van der Waals surface area contributed by atoms with Crippen molar-refractivity contribution < 1.29 is 9.72 Å². The van der Waals surface area contributed by atoms with Gasteiger partial charge in [-0.15, -0.1) is 16.8 Å². The highest BCUT2D eigenvalue weighted by Gasteiger charge is 2.23. The van der Waals surface area contributed by atoms with Crippen LogP contribution in [0.4, 0.5) is 11.4 Å². The number of thioether (sulfide) groups is 1. The molecular formula is C19H23N5O3S. The minimum atomic E-state index is -0.474. The number of nitrogens with zero attached hydrogens (tertiary/aromatic N) is 4. The van der Waals surface area contributed by atoms with E-state index < -0.39 is 4.92 Å². The third kappa shape index (κ3) is 4.98. The summed E-state index contributed by atoms with van der Waals surface area (Å²) >= 11 is 1.33. The molecule has 9 heteroatoms. The second-order valence-corrected chi connectivity index (χ2v) is 7.66. The van der Waals surface area contributed by atoms with Crippen LogP contribution < -0.4 is 5.32 Å². The molecule has 1 fully saturated rings. The Bertz CT molecular complexity index is 844. The normalized spacial score (nSPS) is 14.6. The third-order valence-corrected chi connectivity index (χ3v) is 5.69. The quantitative estimate of drug-likeness (QED) is 0.308. The molecule has 0 saturated heterocycles. The Morgan fingerprint density at radius 1 is 1.29 bits per heavy atom. The highest BCUT2D eigenvalue weighted by atomic mass is 32.2. The minimum absolute atomic E-state index is 0.0138. The van der Waals surface area contributed by atoms with E-state index in [0.29, 0.717) is 23.3 Å². The first-order valence-corrected chi connectivity index (χ1v) is 10.3. The van der Waals surface area contributed by atoms with Crippen LogP contribution >= 0.6 is 11.8 Å². The molecule has 1 aliphatic rings. The van der Waals surface area contributed by atoms with E-state index in [2.05, 4.69) is 22.1 Å². The number of nitrogens with one attached hydrogen (secondary N) is 1. The summed E-state index contributed by atoms with van der Waals surface area (Å²) in [5.41, 5.74) is 0.506. The molecule has 1 amide bonds. The minimum Gasteiger partial charge on any atom is -0.325 e. The monoisotopic (exact) mass is 401 g/mol. The standard InChI is InChI=1S/C19H23N5O3S/c1-2-12-23-18(14-6-4-3-5-7-14)21-22-19(23)28-13-17(25)20-15-8-10-16(11-9-15)24(26)27/h2,8-11,14H,1,3-7,12-13H2,(H,20,25). The van der Waals surface area contributed by atoms with Crippen LogP contribution in [0.2, 0.25) is 0 Å². The number of amides is 1.